The number of methoxy groups -OCH3 is 1. The number of carbonyl (C=O) groups is 1. The molecule has 3 rings (SSSR count). The zero-order chi connectivity index (χ0) is 25.6. The van der Waals surface area contributed by atoms with Crippen molar-refractivity contribution in [3.8, 4) is 5.88 Å². The Morgan fingerprint density at radius 2 is 2.06 bits per heavy atom. The zero-order valence-electron chi connectivity index (χ0n) is 20.1. The van der Waals surface area contributed by atoms with Crippen molar-refractivity contribution in [1.82, 2.24) is 25.2 Å². The van der Waals surface area contributed by atoms with Crippen LogP contribution < -0.4 is 15.5 Å². The summed E-state index contributed by atoms with van der Waals surface area (Å²) in [6.07, 6.45) is 1.46. The quantitative estimate of drug-likeness (QED) is 0.201. The van der Waals surface area contributed by atoms with Crippen LogP contribution in [0.3, 0.4) is 0 Å². The first-order valence-electron chi connectivity index (χ1n) is 10.8. The number of aromatic nitrogens is 4. The van der Waals surface area contributed by atoms with Crippen molar-refractivity contribution in [2.45, 2.75) is 39.4 Å². The largest absolute Gasteiger partial charge is 0.470 e. The lowest BCUT2D eigenvalue weighted by Gasteiger charge is -2.22. The molecule has 0 atom stereocenters. The van der Waals surface area contributed by atoms with Crippen molar-refractivity contribution in [3.05, 3.63) is 64.2 Å². The molecular weight excluding hydrogens is 454 g/mol. The summed E-state index contributed by atoms with van der Waals surface area (Å²) >= 11 is 0. The number of aliphatic hydroxyl groups excluding tert-OH is 1. The summed E-state index contributed by atoms with van der Waals surface area (Å²) in [5, 5.41) is 36.8. The summed E-state index contributed by atoms with van der Waals surface area (Å²) in [4.78, 5) is 16.4. The highest BCUT2D eigenvalue weighted by Gasteiger charge is 2.24. The Kier molecular flexibility index (Phi) is 8.10. The molecule has 0 aliphatic carbocycles. The van der Waals surface area contributed by atoms with Crippen LogP contribution in [0.1, 0.15) is 53.8 Å². The minimum Gasteiger partial charge on any atom is -0.470 e. The lowest BCUT2D eigenvalue weighted by molar-refractivity contribution is 0.0936. The van der Waals surface area contributed by atoms with Crippen molar-refractivity contribution >= 4 is 11.7 Å². The monoisotopic (exact) mass is 483 g/mol. The number of hydrogen-bond donors (Lipinski definition) is 4. The number of carbonyl (C=O) groups excluding carboxylic acids is 1. The molecule has 0 aromatic carbocycles. The van der Waals surface area contributed by atoms with Crippen molar-refractivity contribution in [2.75, 3.05) is 20.3 Å². The summed E-state index contributed by atoms with van der Waals surface area (Å²) in [6, 6.07) is 6.33. The predicted octanol–water partition coefficient (Wildman–Crippen LogP) is 1.36. The average molecular weight is 484 g/mol. The molecule has 12 nitrogen and oxygen atoms in total. The molecule has 0 radical (unpaired) electrons. The molecule has 0 unspecified atom stereocenters. The van der Waals surface area contributed by atoms with Gasteiger partial charge < -0.3 is 24.4 Å². The lowest BCUT2D eigenvalue weighted by Crippen LogP contribution is -2.32. The molecule has 0 saturated heterocycles. The van der Waals surface area contributed by atoms with Crippen molar-refractivity contribution in [3.63, 3.8) is 0 Å². The van der Waals surface area contributed by atoms with E-state index >= 15 is 0 Å². The van der Waals surface area contributed by atoms with Gasteiger partial charge in [0.05, 0.1) is 17.9 Å². The fraction of sp³-hybridized carbons (Fsp3) is 0.391. The Bertz CT molecular complexity index is 1240. The number of hydrogen-bond acceptors (Lipinski definition) is 10. The highest BCUT2D eigenvalue weighted by Crippen LogP contribution is 2.28. The number of nitrogens with one attached hydrogen (secondary N) is 3. The van der Waals surface area contributed by atoms with E-state index < -0.39 is 5.41 Å². The molecule has 186 valence electrons. The Morgan fingerprint density at radius 1 is 1.29 bits per heavy atom. The van der Waals surface area contributed by atoms with E-state index in [2.05, 4.69) is 20.6 Å². The first kappa shape index (κ1) is 25.7. The summed E-state index contributed by atoms with van der Waals surface area (Å²) < 4.78 is 16.9. The van der Waals surface area contributed by atoms with Gasteiger partial charge in [-0.25, -0.2) is 0 Å². The molecule has 35 heavy (non-hydrogen) atoms. The van der Waals surface area contributed by atoms with E-state index in [1.54, 1.807) is 25.3 Å². The summed E-state index contributed by atoms with van der Waals surface area (Å²) in [5.41, 5.74) is 1.35. The maximum Gasteiger partial charge on any atom is 0.252 e. The second-order valence-electron chi connectivity index (χ2n) is 8.67. The van der Waals surface area contributed by atoms with Crippen LogP contribution >= 0.6 is 0 Å². The maximum atomic E-state index is 12.1. The summed E-state index contributed by atoms with van der Waals surface area (Å²) in [5.74, 6) is -0.0268. The normalized spacial score (nSPS) is 11.3. The maximum absolute atomic E-state index is 12.1. The van der Waals surface area contributed by atoms with Crippen LogP contribution in [0.15, 0.2) is 35.0 Å². The second kappa shape index (κ2) is 11.0. The number of ether oxygens (including phenoxy) is 2. The van der Waals surface area contributed by atoms with E-state index in [0.29, 0.717) is 30.0 Å². The van der Waals surface area contributed by atoms with Crippen molar-refractivity contribution in [2.24, 2.45) is 0 Å². The smallest absolute Gasteiger partial charge is 0.252 e. The van der Waals surface area contributed by atoms with Crippen LogP contribution in [0.25, 0.3) is 0 Å². The van der Waals surface area contributed by atoms with Crippen LogP contribution in [0.5, 0.6) is 5.88 Å². The van der Waals surface area contributed by atoms with E-state index in [-0.39, 0.29) is 47.8 Å². The minimum absolute atomic E-state index is 0.0391. The Hall–Kier alpha value is -3.90. The molecule has 0 aliphatic heterocycles. The van der Waals surface area contributed by atoms with Gasteiger partial charge >= 0.3 is 0 Å². The molecule has 1 amide bonds. The van der Waals surface area contributed by atoms with E-state index in [9.17, 15) is 9.90 Å². The average Bonchev–Trinajstić information content (AvgIpc) is 3.32. The van der Waals surface area contributed by atoms with Crippen LogP contribution in [-0.4, -0.2) is 57.0 Å². The number of rotatable bonds is 9. The molecule has 3 aromatic rings. The van der Waals surface area contributed by atoms with Gasteiger partial charge in [-0.3, -0.25) is 20.6 Å². The first-order chi connectivity index (χ1) is 16.6. The molecule has 0 aliphatic rings. The Labute approximate surface area is 201 Å². The van der Waals surface area contributed by atoms with Gasteiger partial charge in [0.2, 0.25) is 5.88 Å². The van der Waals surface area contributed by atoms with E-state index in [4.69, 9.17) is 24.8 Å². The Morgan fingerprint density at radius 3 is 2.66 bits per heavy atom. The van der Waals surface area contributed by atoms with Gasteiger partial charge in [-0.15, -0.1) is 5.10 Å². The molecule has 3 aromatic heterocycles. The molecule has 0 spiro atoms. The van der Waals surface area contributed by atoms with Gasteiger partial charge in [0.15, 0.2) is 17.3 Å². The minimum atomic E-state index is -0.394. The van der Waals surface area contributed by atoms with Gasteiger partial charge in [-0.1, -0.05) is 25.9 Å². The standard InChI is InChI=1S/C23H29N7O5/c1-23(2,3)17-10-19(24)30(20(25)18-9-16(12-31)35-29-18)28-22(17)34-13-15-6-5-14(11-27-15)21(32)26-7-8-33-4/h5-6,9-11,24-25,31H,7-8,12-13H2,1-4H3,(H,26,32). The molecule has 4 N–H and O–H groups in total. The highest BCUT2D eigenvalue weighted by atomic mass is 16.5. The molecule has 12 heteroatoms. The topological polar surface area (TPSA) is 172 Å². The van der Waals surface area contributed by atoms with Crippen LogP contribution in [-0.2, 0) is 23.4 Å². The lowest BCUT2D eigenvalue weighted by atomic mass is 9.88. The number of amides is 1. The van der Waals surface area contributed by atoms with Crippen LogP contribution in [0.2, 0.25) is 0 Å². The fourth-order valence-corrected chi connectivity index (χ4v) is 3.04. The van der Waals surface area contributed by atoms with Gasteiger partial charge in [-0.2, -0.15) is 4.68 Å². The number of pyridine rings is 1. The molecular formula is C23H29N7O5. The predicted molar refractivity (Wildman–Crippen MR) is 124 cm³/mol. The van der Waals surface area contributed by atoms with Crippen molar-refractivity contribution < 1.29 is 23.9 Å². The van der Waals surface area contributed by atoms with E-state index in [1.807, 2.05) is 20.8 Å². The van der Waals surface area contributed by atoms with Gasteiger partial charge in [0, 0.05) is 31.5 Å². The van der Waals surface area contributed by atoms with Gasteiger partial charge in [0.1, 0.15) is 18.7 Å². The summed E-state index contributed by atoms with van der Waals surface area (Å²) in [7, 11) is 1.56. The SMILES string of the molecule is COCCNC(=O)c1ccc(COc2nn(C(=N)c3cc(CO)on3)c(=N)cc2C(C)(C)C)nc1. The molecule has 0 saturated carbocycles. The van der Waals surface area contributed by atoms with E-state index in [1.165, 1.54) is 12.3 Å². The molecule has 0 bridgehead atoms. The summed E-state index contributed by atoms with van der Waals surface area (Å²) in [6.45, 7) is 6.42. The van der Waals surface area contributed by atoms with Crippen LogP contribution in [0.4, 0.5) is 0 Å². The third-order valence-corrected chi connectivity index (χ3v) is 4.94. The van der Waals surface area contributed by atoms with E-state index in [0.717, 1.165) is 4.68 Å². The Balaban J connectivity index is 1.82. The van der Waals surface area contributed by atoms with Crippen LogP contribution in [0, 0.1) is 10.8 Å². The second-order valence-corrected chi connectivity index (χ2v) is 8.67. The third kappa shape index (κ3) is 6.37. The fourth-order valence-electron chi connectivity index (χ4n) is 3.04. The highest BCUT2D eigenvalue weighted by molar-refractivity contribution is 5.95. The third-order valence-electron chi connectivity index (χ3n) is 4.94. The van der Waals surface area contributed by atoms with Gasteiger partial charge in [0.25, 0.3) is 5.91 Å². The first-order valence-corrected chi connectivity index (χ1v) is 10.8. The van der Waals surface area contributed by atoms with Gasteiger partial charge in [-0.05, 0) is 23.6 Å². The number of aliphatic hydroxyl groups is 1. The number of nitrogens with zero attached hydrogens (tertiary/aromatic N) is 4. The molecule has 3 heterocycles. The zero-order valence-corrected chi connectivity index (χ0v) is 20.1. The van der Waals surface area contributed by atoms with Crippen molar-refractivity contribution in [1.29, 1.82) is 10.8 Å². The molecule has 0 fully saturated rings.